The first-order valence-corrected chi connectivity index (χ1v) is 4.75. The molecule has 0 aromatic carbocycles. The maximum Gasteiger partial charge on any atom is 0.138 e. The van der Waals surface area contributed by atoms with Gasteiger partial charge in [0.05, 0.1) is 6.20 Å². The summed E-state index contributed by atoms with van der Waals surface area (Å²) in [5.41, 5.74) is 5.53. The van der Waals surface area contributed by atoms with Gasteiger partial charge in [0.1, 0.15) is 12.4 Å². The van der Waals surface area contributed by atoms with Gasteiger partial charge < -0.3 is 10.5 Å². The van der Waals surface area contributed by atoms with E-state index in [0.717, 1.165) is 9.32 Å². The predicted molar refractivity (Wildman–Crippen MR) is 56.1 cm³/mol. The zero-order chi connectivity index (χ0) is 8.97. The van der Waals surface area contributed by atoms with Gasteiger partial charge in [-0.3, -0.25) is 4.98 Å². The van der Waals surface area contributed by atoms with E-state index >= 15 is 0 Å². The summed E-state index contributed by atoms with van der Waals surface area (Å²) >= 11 is 2.19. The molecule has 12 heavy (non-hydrogen) atoms. The fraction of sp³-hybridized carbons (Fsp3) is 0.375. The highest BCUT2D eigenvalue weighted by molar-refractivity contribution is 14.1. The fourth-order valence-electron chi connectivity index (χ4n) is 0.699. The van der Waals surface area contributed by atoms with Crippen LogP contribution in [0.25, 0.3) is 0 Å². The second kappa shape index (κ2) is 4.61. The molecule has 1 aromatic rings. The van der Waals surface area contributed by atoms with Crippen molar-refractivity contribution in [1.29, 1.82) is 0 Å². The Morgan fingerprint density at radius 3 is 3.00 bits per heavy atom. The van der Waals surface area contributed by atoms with Crippen molar-refractivity contribution in [2.75, 3.05) is 6.61 Å². The monoisotopic (exact) mass is 278 g/mol. The van der Waals surface area contributed by atoms with Gasteiger partial charge in [-0.05, 0) is 35.6 Å². The van der Waals surface area contributed by atoms with Gasteiger partial charge in [0, 0.05) is 15.8 Å². The van der Waals surface area contributed by atoms with Crippen LogP contribution in [0.2, 0.25) is 0 Å². The van der Waals surface area contributed by atoms with Crippen LogP contribution in [0.4, 0.5) is 0 Å². The van der Waals surface area contributed by atoms with Gasteiger partial charge in [-0.15, -0.1) is 0 Å². The van der Waals surface area contributed by atoms with Gasteiger partial charge in [0.25, 0.3) is 0 Å². The van der Waals surface area contributed by atoms with Crippen LogP contribution < -0.4 is 10.5 Å². The molecule has 66 valence electrons. The molecular formula is C8H11IN2O. The molecule has 0 radical (unpaired) electrons. The fourth-order valence-corrected chi connectivity index (χ4v) is 1.17. The van der Waals surface area contributed by atoms with Gasteiger partial charge in [-0.1, -0.05) is 0 Å². The topological polar surface area (TPSA) is 48.1 Å². The van der Waals surface area contributed by atoms with E-state index in [1.54, 1.807) is 12.4 Å². The number of hydrogen-bond donors (Lipinski definition) is 1. The van der Waals surface area contributed by atoms with Crippen LogP contribution in [0, 0.1) is 3.57 Å². The Balaban J connectivity index is 2.52. The third-order valence-electron chi connectivity index (χ3n) is 1.19. The van der Waals surface area contributed by atoms with Gasteiger partial charge in [0.15, 0.2) is 0 Å². The minimum Gasteiger partial charge on any atom is -0.490 e. The molecule has 1 aromatic heterocycles. The largest absolute Gasteiger partial charge is 0.490 e. The van der Waals surface area contributed by atoms with E-state index in [-0.39, 0.29) is 6.04 Å². The average Bonchev–Trinajstić information content (AvgIpc) is 2.01. The minimum atomic E-state index is 0.0582. The molecule has 0 saturated carbocycles. The van der Waals surface area contributed by atoms with E-state index in [0.29, 0.717) is 6.61 Å². The Labute approximate surface area is 85.5 Å². The van der Waals surface area contributed by atoms with Crippen LogP contribution >= 0.6 is 22.6 Å². The Morgan fingerprint density at radius 2 is 2.42 bits per heavy atom. The van der Waals surface area contributed by atoms with Crippen LogP contribution in [-0.4, -0.2) is 17.6 Å². The number of halogens is 1. The highest BCUT2D eigenvalue weighted by atomic mass is 127. The third kappa shape index (κ3) is 3.36. The number of rotatable bonds is 3. The summed E-state index contributed by atoms with van der Waals surface area (Å²) in [5, 5.41) is 0. The molecule has 1 rings (SSSR count). The molecule has 0 amide bonds. The molecule has 0 aliphatic rings. The quantitative estimate of drug-likeness (QED) is 0.850. The lowest BCUT2D eigenvalue weighted by Gasteiger charge is -2.07. The number of hydrogen-bond acceptors (Lipinski definition) is 3. The Bertz CT molecular complexity index is 253. The molecule has 0 saturated heterocycles. The lowest BCUT2D eigenvalue weighted by atomic mass is 10.4. The Morgan fingerprint density at radius 1 is 1.67 bits per heavy atom. The Hall–Kier alpha value is -0.360. The molecule has 1 heterocycles. The van der Waals surface area contributed by atoms with Crippen molar-refractivity contribution in [2.24, 2.45) is 5.73 Å². The standard InChI is InChI=1S/C8H11IN2O/c1-6(10)5-12-8-2-7(9)3-11-4-8/h2-4,6H,5,10H2,1H3/t6-/m0/s1. The minimum absolute atomic E-state index is 0.0582. The van der Waals surface area contributed by atoms with Crippen molar-refractivity contribution in [3.8, 4) is 5.75 Å². The summed E-state index contributed by atoms with van der Waals surface area (Å²) in [7, 11) is 0. The summed E-state index contributed by atoms with van der Waals surface area (Å²) in [6.45, 7) is 2.43. The van der Waals surface area contributed by atoms with Gasteiger partial charge >= 0.3 is 0 Å². The predicted octanol–water partition coefficient (Wildman–Crippen LogP) is 1.41. The zero-order valence-electron chi connectivity index (χ0n) is 6.83. The Kier molecular flexibility index (Phi) is 3.74. The summed E-state index contributed by atoms with van der Waals surface area (Å²) in [6, 6.07) is 1.98. The molecule has 0 fully saturated rings. The second-order valence-electron chi connectivity index (χ2n) is 2.63. The molecule has 2 N–H and O–H groups in total. The molecule has 3 nitrogen and oxygen atoms in total. The van der Waals surface area contributed by atoms with Crippen LogP contribution in [0.1, 0.15) is 6.92 Å². The molecule has 0 unspecified atom stereocenters. The lowest BCUT2D eigenvalue weighted by molar-refractivity contribution is 0.295. The molecular weight excluding hydrogens is 267 g/mol. The van der Waals surface area contributed by atoms with E-state index in [1.807, 2.05) is 13.0 Å². The highest BCUT2D eigenvalue weighted by Gasteiger charge is 1.97. The van der Waals surface area contributed by atoms with Gasteiger partial charge in [0.2, 0.25) is 0 Å². The molecule has 4 heteroatoms. The van der Waals surface area contributed by atoms with Crippen molar-refractivity contribution < 1.29 is 4.74 Å². The van der Waals surface area contributed by atoms with E-state index < -0.39 is 0 Å². The summed E-state index contributed by atoms with van der Waals surface area (Å²) in [6.07, 6.45) is 3.46. The average molecular weight is 278 g/mol. The van der Waals surface area contributed by atoms with Crippen molar-refractivity contribution in [3.63, 3.8) is 0 Å². The smallest absolute Gasteiger partial charge is 0.138 e. The van der Waals surface area contributed by atoms with Crippen molar-refractivity contribution in [3.05, 3.63) is 22.0 Å². The summed E-state index contributed by atoms with van der Waals surface area (Å²) < 4.78 is 6.42. The normalized spacial score (nSPS) is 12.6. The number of nitrogens with zero attached hydrogens (tertiary/aromatic N) is 1. The van der Waals surface area contributed by atoms with Gasteiger partial charge in [-0.25, -0.2) is 0 Å². The first kappa shape index (κ1) is 9.73. The van der Waals surface area contributed by atoms with Gasteiger partial charge in [-0.2, -0.15) is 0 Å². The van der Waals surface area contributed by atoms with Crippen molar-refractivity contribution in [2.45, 2.75) is 13.0 Å². The van der Waals surface area contributed by atoms with E-state index in [4.69, 9.17) is 10.5 Å². The maximum atomic E-state index is 5.53. The van der Waals surface area contributed by atoms with Crippen molar-refractivity contribution >= 4 is 22.6 Å². The first-order valence-electron chi connectivity index (χ1n) is 3.67. The molecule has 0 aliphatic heterocycles. The maximum absolute atomic E-state index is 5.53. The lowest BCUT2D eigenvalue weighted by Crippen LogP contribution is -2.23. The van der Waals surface area contributed by atoms with Crippen LogP contribution in [0.3, 0.4) is 0 Å². The van der Waals surface area contributed by atoms with E-state index in [9.17, 15) is 0 Å². The van der Waals surface area contributed by atoms with Crippen LogP contribution in [0.5, 0.6) is 5.75 Å². The first-order chi connectivity index (χ1) is 5.68. The van der Waals surface area contributed by atoms with Crippen LogP contribution in [0.15, 0.2) is 18.5 Å². The van der Waals surface area contributed by atoms with E-state index in [1.165, 1.54) is 0 Å². The van der Waals surface area contributed by atoms with Crippen LogP contribution in [-0.2, 0) is 0 Å². The number of aromatic nitrogens is 1. The molecule has 0 spiro atoms. The van der Waals surface area contributed by atoms with Crippen molar-refractivity contribution in [1.82, 2.24) is 4.98 Å². The number of nitrogens with two attached hydrogens (primary N) is 1. The number of ether oxygens (including phenoxy) is 1. The summed E-state index contributed by atoms with van der Waals surface area (Å²) in [4.78, 5) is 3.99. The summed E-state index contributed by atoms with van der Waals surface area (Å²) in [5.74, 6) is 0.777. The number of pyridine rings is 1. The molecule has 0 aliphatic carbocycles. The van der Waals surface area contributed by atoms with E-state index in [2.05, 4.69) is 27.6 Å². The second-order valence-corrected chi connectivity index (χ2v) is 3.87. The molecule has 1 atom stereocenters. The third-order valence-corrected chi connectivity index (χ3v) is 1.78. The molecule has 0 bridgehead atoms. The highest BCUT2D eigenvalue weighted by Crippen LogP contribution is 2.12. The SMILES string of the molecule is C[C@H](N)COc1cncc(I)c1. The zero-order valence-corrected chi connectivity index (χ0v) is 8.98.